The molecule has 2 unspecified atom stereocenters. The Bertz CT molecular complexity index is 474. The molecule has 0 heterocycles. The third-order valence-electron chi connectivity index (χ3n) is 3.68. The minimum atomic E-state index is -4.37. The fourth-order valence-corrected chi connectivity index (χ4v) is 2.32. The highest BCUT2D eigenvalue weighted by molar-refractivity contribution is 5.70. The summed E-state index contributed by atoms with van der Waals surface area (Å²) >= 11 is 0. The maximum atomic E-state index is 12.7. The summed E-state index contributed by atoms with van der Waals surface area (Å²) in [5, 5.41) is 8.95. The second-order valence-corrected chi connectivity index (χ2v) is 5.08. The molecule has 1 aromatic carbocycles. The number of carboxylic acid groups (broad SMARTS) is 1. The molecule has 0 aromatic heterocycles. The van der Waals surface area contributed by atoms with Crippen molar-refractivity contribution in [1.29, 1.82) is 0 Å². The molecule has 0 aliphatic carbocycles. The molecule has 6 heteroatoms. The zero-order valence-electron chi connectivity index (χ0n) is 11.9. The standard InChI is InChI=1S/C15H20F3NO2/c1-2-10(6-7-12(9-19)14(20)21)11-4-3-5-13(8-11)15(16,17)18/h3-5,8,10,12H,2,6-7,9,19H2,1H3,(H,20,21). The lowest BCUT2D eigenvalue weighted by atomic mass is 9.88. The normalized spacial score (nSPS) is 14.7. The van der Waals surface area contributed by atoms with Crippen LogP contribution < -0.4 is 5.73 Å². The van der Waals surface area contributed by atoms with Gasteiger partial charge in [-0.2, -0.15) is 13.2 Å². The van der Waals surface area contributed by atoms with E-state index in [1.807, 2.05) is 6.92 Å². The van der Waals surface area contributed by atoms with Gasteiger partial charge in [-0.3, -0.25) is 4.79 Å². The molecule has 0 saturated heterocycles. The lowest BCUT2D eigenvalue weighted by Gasteiger charge is -2.19. The number of alkyl halides is 3. The number of carbonyl (C=O) groups is 1. The Morgan fingerprint density at radius 1 is 1.33 bits per heavy atom. The van der Waals surface area contributed by atoms with Gasteiger partial charge in [0, 0.05) is 6.54 Å². The van der Waals surface area contributed by atoms with Crippen LogP contribution in [0.15, 0.2) is 24.3 Å². The smallest absolute Gasteiger partial charge is 0.416 e. The molecule has 3 nitrogen and oxygen atoms in total. The second-order valence-electron chi connectivity index (χ2n) is 5.08. The molecule has 21 heavy (non-hydrogen) atoms. The van der Waals surface area contributed by atoms with Crippen molar-refractivity contribution < 1.29 is 23.1 Å². The molecule has 0 radical (unpaired) electrons. The van der Waals surface area contributed by atoms with Crippen molar-refractivity contribution in [3.63, 3.8) is 0 Å². The topological polar surface area (TPSA) is 63.3 Å². The minimum Gasteiger partial charge on any atom is -0.481 e. The zero-order chi connectivity index (χ0) is 16.0. The maximum Gasteiger partial charge on any atom is 0.416 e. The number of halogens is 3. The molecule has 118 valence electrons. The molecule has 0 amide bonds. The van der Waals surface area contributed by atoms with Crippen LogP contribution in [0, 0.1) is 5.92 Å². The zero-order valence-corrected chi connectivity index (χ0v) is 11.9. The molecular formula is C15H20F3NO2. The van der Waals surface area contributed by atoms with Gasteiger partial charge in [-0.1, -0.05) is 25.1 Å². The predicted octanol–water partition coefficient (Wildman–Crippen LogP) is 3.64. The summed E-state index contributed by atoms with van der Waals surface area (Å²) in [6.07, 6.45) is -2.85. The third-order valence-corrected chi connectivity index (χ3v) is 3.68. The van der Waals surface area contributed by atoms with E-state index in [0.717, 1.165) is 12.1 Å². The molecule has 0 spiro atoms. The SMILES string of the molecule is CCC(CCC(CN)C(=O)O)c1cccc(C(F)(F)F)c1. The van der Waals surface area contributed by atoms with Gasteiger partial charge in [-0.05, 0) is 36.8 Å². The summed E-state index contributed by atoms with van der Waals surface area (Å²) in [6.45, 7) is 1.91. The first-order valence-corrected chi connectivity index (χ1v) is 6.89. The van der Waals surface area contributed by atoms with Crippen molar-refractivity contribution in [3.8, 4) is 0 Å². The quantitative estimate of drug-likeness (QED) is 0.808. The number of carboxylic acids is 1. The van der Waals surface area contributed by atoms with E-state index in [-0.39, 0.29) is 12.5 Å². The Labute approximate surface area is 122 Å². The monoisotopic (exact) mass is 303 g/mol. The van der Waals surface area contributed by atoms with Crippen LogP contribution in [0.1, 0.15) is 43.2 Å². The first kappa shape index (κ1) is 17.5. The molecule has 0 aliphatic heterocycles. The number of hydrogen-bond donors (Lipinski definition) is 2. The summed E-state index contributed by atoms with van der Waals surface area (Å²) in [5.41, 5.74) is 5.31. The van der Waals surface area contributed by atoms with Crippen molar-refractivity contribution >= 4 is 5.97 Å². The van der Waals surface area contributed by atoms with Crippen LogP contribution in [0.5, 0.6) is 0 Å². The van der Waals surface area contributed by atoms with Crippen LogP contribution >= 0.6 is 0 Å². The van der Waals surface area contributed by atoms with Gasteiger partial charge < -0.3 is 10.8 Å². The van der Waals surface area contributed by atoms with Gasteiger partial charge in [0.15, 0.2) is 0 Å². The van der Waals surface area contributed by atoms with Gasteiger partial charge in [0.25, 0.3) is 0 Å². The molecule has 2 atom stereocenters. The Morgan fingerprint density at radius 3 is 2.48 bits per heavy atom. The van der Waals surface area contributed by atoms with E-state index in [0.29, 0.717) is 24.8 Å². The number of rotatable bonds is 7. The van der Waals surface area contributed by atoms with Crippen molar-refractivity contribution in [1.82, 2.24) is 0 Å². The summed E-state index contributed by atoms with van der Waals surface area (Å²) in [6, 6.07) is 5.22. The van der Waals surface area contributed by atoms with E-state index in [1.165, 1.54) is 6.07 Å². The van der Waals surface area contributed by atoms with Crippen molar-refractivity contribution in [2.24, 2.45) is 11.7 Å². The molecule has 3 N–H and O–H groups in total. The molecule has 0 aliphatic rings. The van der Waals surface area contributed by atoms with Gasteiger partial charge >= 0.3 is 12.1 Å². The molecule has 0 saturated carbocycles. The first-order valence-electron chi connectivity index (χ1n) is 6.89. The largest absolute Gasteiger partial charge is 0.481 e. The van der Waals surface area contributed by atoms with Crippen LogP contribution in [-0.4, -0.2) is 17.6 Å². The maximum absolute atomic E-state index is 12.7. The van der Waals surface area contributed by atoms with Crippen LogP contribution in [-0.2, 0) is 11.0 Å². The van der Waals surface area contributed by atoms with Crippen molar-refractivity contribution in [2.45, 2.75) is 38.3 Å². The van der Waals surface area contributed by atoms with Crippen molar-refractivity contribution in [3.05, 3.63) is 35.4 Å². The summed E-state index contributed by atoms with van der Waals surface area (Å²) < 4.78 is 38.1. The lowest BCUT2D eigenvalue weighted by molar-refractivity contribution is -0.141. The highest BCUT2D eigenvalue weighted by Gasteiger charge is 2.31. The lowest BCUT2D eigenvalue weighted by Crippen LogP contribution is -2.23. The summed E-state index contributed by atoms with van der Waals surface area (Å²) in [7, 11) is 0. The molecule has 1 aromatic rings. The molecular weight excluding hydrogens is 283 g/mol. The minimum absolute atomic E-state index is 0.0361. The van der Waals surface area contributed by atoms with Gasteiger partial charge in [0.1, 0.15) is 0 Å². The van der Waals surface area contributed by atoms with E-state index in [9.17, 15) is 18.0 Å². The van der Waals surface area contributed by atoms with Gasteiger partial charge in [-0.15, -0.1) is 0 Å². The van der Waals surface area contributed by atoms with Crippen LogP contribution in [0.2, 0.25) is 0 Å². The third kappa shape index (κ3) is 5.04. The number of hydrogen-bond acceptors (Lipinski definition) is 2. The Hall–Kier alpha value is -1.56. The number of nitrogens with two attached hydrogens (primary N) is 1. The van der Waals surface area contributed by atoms with E-state index in [2.05, 4.69) is 0 Å². The fraction of sp³-hybridized carbons (Fsp3) is 0.533. The highest BCUT2D eigenvalue weighted by Crippen LogP contribution is 2.33. The first-order chi connectivity index (χ1) is 9.79. The van der Waals surface area contributed by atoms with E-state index in [1.54, 1.807) is 6.07 Å². The van der Waals surface area contributed by atoms with E-state index in [4.69, 9.17) is 10.8 Å². The molecule has 0 fully saturated rings. The van der Waals surface area contributed by atoms with E-state index < -0.39 is 23.6 Å². The number of aliphatic carboxylic acids is 1. The Morgan fingerprint density at radius 2 is 2.00 bits per heavy atom. The predicted molar refractivity (Wildman–Crippen MR) is 73.9 cm³/mol. The van der Waals surface area contributed by atoms with E-state index >= 15 is 0 Å². The highest BCUT2D eigenvalue weighted by atomic mass is 19.4. The molecule has 1 rings (SSSR count). The second kappa shape index (κ2) is 7.45. The van der Waals surface area contributed by atoms with Crippen LogP contribution in [0.4, 0.5) is 13.2 Å². The summed E-state index contributed by atoms with van der Waals surface area (Å²) in [4.78, 5) is 10.9. The van der Waals surface area contributed by atoms with Crippen molar-refractivity contribution in [2.75, 3.05) is 6.54 Å². The summed E-state index contributed by atoms with van der Waals surface area (Å²) in [5.74, 6) is -1.71. The van der Waals surface area contributed by atoms with Crippen LogP contribution in [0.3, 0.4) is 0 Å². The van der Waals surface area contributed by atoms with Gasteiger partial charge in [0.05, 0.1) is 11.5 Å². The van der Waals surface area contributed by atoms with Crippen LogP contribution in [0.25, 0.3) is 0 Å². The fourth-order valence-electron chi connectivity index (χ4n) is 2.32. The van der Waals surface area contributed by atoms with Gasteiger partial charge in [-0.25, -0.2) is 0 Å². The Kier molecular flexibility index (Phi) is 6.20. The average Bonchev–Trinajstić information content (AvgIpc) is 2.42. The number of benzene rings is 1. The molecule has 0 bridgehead atoms. The Balaban J connectivity index is 2.83. The average molecular weight is 303 g/mol. The van der Waals surface area contributed by atoms with Gasteiger partial charge in [0.2, 0.25) is 0 Å².